The van der Waals surface area contributed by atoms with Crippen LogP contribution in [0.5, 0.6) is 0 Å². The van der Waals surface area contributed by atoms with Crippen LogP contribution in [0.4, 0.5) is 5.69 Å². The monoisotopic (exact) mass is 336 g/mol. The normalized spacial score (nSPS) is 15.0. The zero-order chi connectivity index (χ0) is 15.5. The summed E-state index contributed by atoms with van der Waals surface area (Å²) in [5.74, 6) is -0.0926. The SMILES string of the molecule is O=C(c1cnccn1)N1CCN(c2cccc(Cl)c2Cl)CC1. The second kappa shape index (κ2) is 6.50. The van der Waals surface area contributed by atoms with Crippen molar-refractivity contribution < 1.29 is 4.79 Å². The van der Waals surface area contributed by atoms with E-state index in [0.717, 1.165) is 5.69 Å². The summed E-state index contributed by atoms with van der Waals surface area (Å²) in [5, 5.41) is 1.09. The average Bonchev–Trinajstić information content (AvgIpc) is 2.58. The summed E-state index contributed by atoms with van der Waals surface area (Å²) < 4.78 is 0. The van der Waals surface area contributed by atoms with E-state index in [2.05, 4.69) is 14.9 Å². The van der Waals surface area contributed by atoms with Gasteiger partial charge in [-0.15, -0.1) is 0 Å². The highest BCUT2D eigenvalue weighted by molar-refractivity contribution is 6.43. The molecule has 1 aliphatic heterocycles. The molecule has 1 amide bonds. The van der Waals surface area contributed by atoms with Crippen molar-refractivity contribution in [3.05, 3.63) is 52.5 Å². The molecule has 1 aromatic heterocycles. The van der Waals surface area contributed by atoms with Crippen LogP contribution in [0.3, 0.4) is 0 Å². The molecule has 0 unspecified atom stereocenters. The molecule has 2 heterocycles. The summed E-state index contributed by atoms with van der Waals surface area (Å²) in [6, 6.07) is 5.58. The molecule has 1 saturated heterocycles. The Bertz CT molecular complexity index is 672. The first-order valence-corrected chi connectivity index (χ1v) is 7.66. The lowest BCUT2D eigenvalue weighted by Gasteiger charge is -2.36. The molecule has 0 saturated carbocycles. The van der Waals surface area contributed by atoms with E-state index in [9.17, 15) is 4.79 Å². The number of benzene rings is 1. The molecule has 1 aliphatic rings. The Labute approximate surface area is 138 Å². The molecule has 0 aliphatic carbocycles. The lowest BCUT2D eigenvalue weighted by atomic mass is 10.2. The number of halogens is 2. The van der Waals surface area contributed by atoms with Crippen LogP contribution in [0.1, 0.15) is 10.5 Å². The minimum absolute atomic E-state index is 0.0926. The van der Waals surface area contributed by atoms with E-state index in [1.807, 2.05) is 12.1 Å². The molecule has 22 heavy (non-hydrogen) atoms. The van der Waals surface area contributed by atoms with Crippen LogP contribution >= 0.6 is 23.2 Å². The van der Waals surface area contributed by atoms with Gasteiger partial charge >= 0.3 is 0 Å². The summed E-state index contributed by atoms with van der Waals surface area (Å²) in [6.07, 6.45) is 4.56. The fourth-order valence-electron chi connectivity index (χ4n) is 2.46. The highest BCUT2D eigenvalue weighted by atomic mass is 35.5. The minimum Gasteiger partial charge on any atom is -0.367 e. The second-order valence-electron chi connectivity index (χ2n) is 4.94. The number of rotatable bonds is 2. The van der Waals surface area contributed by atoms with Crippen molar-refractivity contribution in [3.8, 4) is 0 Å². The molecule has 1 fully saturated rings. The molecule has 7 heteroatoms. The predicted octanol–water partition coefficient (Wildman–Crippen LogP) is 2.75. The smallest absolute Gasteiger partial charge is 0.274 e. The van der Waals surface area contributed by atoms with E-state index >= 15 is 0 Å². The number of carbonyl (C=O) groups is 1. The molecule has 2 aromatic rings. The van der Waals surface area contributed by atoms with Gasteiger partial charge in [-0.1, -0.05) is 29.3 Å². The Hall–Kier alpha value is -1.85. The van der Waals surface area contributed by atoms with Crippen LogP contribution in [0.15, 0.2) is 36.8 Å². The quantitative estimate of drug-likeness (QED) is 0.846. The molecule has 3 rings (SSSR count). The van der Waals surface area contributed by atoms with Gasteiger partial charge < -0.3 is 9.80 Å². The van der Waals surface area contributed by atoms with E-state index in [-0.39, 0.29) is 5.91 Å². The number of amides is 1. The number of hydrogen-bond donors (Lipinski definition) is 0. The maximum atomic E-state index is 12.3. The Kier molecular flexibility index (Phi) is 4.45. The number of anilines is 1. The van der Waals surface area contributed by atoms with Crippen LogP contribution in [0.2, 0.25) is 10.0 Å². The van der Waals surface area contributed by atoms with Gasteiger partial charge in [-0.05, 0) is 12.1 Å². The highest BCUT2D eigenvalue weighted by Crippen LogP contribution is 2.32. The third-order valence-electron chi connectivity index (χ3n) is 3.62. The lowest BCUT2D eigenvalue weighted by molar-refractivity contribution is 0.0740. The number of nitrogens with zero attached hydrogens (tertiary/aromatic N) is 4. The number of aromatic nitrogens is 2. The first-order chi connectivity index (χ1) is 10.7. The lowest BCUT2D eigenvalue weighted by Crippen LogP contribution is -2.49. The summed E-state index contributed by atoms with van der Waals surface area (Å²) in [5.41, 5.74) is 1.28. The average molecular weight is 337 g/mol. The summed E-state index contributed by atoms with van der Waals surface area (Å²) in [7, 11) is 0. The van der Waals surface area contributed by atoms with Crippen molar-refractivity contribution >= 4 is 34.8 Å². The third kappa shape index (κ3) is 3.00. The largest absolute Gasteiger partial charge is 0.367 e. The molecular weight excluding hydrogens is 323 g/mol. The number of piperazine rings is 1. The van der Waals surface area contributed by atoms with Gasteiger partial charge in [0.25, 0.3) is 5.91 Å². The van der Waals surface area contributed by atoms with E-state index in [1.165, 1.54) is 12.4 Å². The molecule has 114 valence electrons. The van der Waals surface area contributed by atoms with Gasteiger partial charge in [0.15, 0.2) is 0 Å². The molecular formula is C15H14Cl2N4O. The van der Waals surface area contributed by atoms with Crippen LogP contribution in [0, 0.1) is 0 Å². The van der Waals surface area contributed by atoms with Crippen LogP contribution in [-0.2, 0) is 0 Å². The van der Waals surface area contributed by atoms with Gasteiger partial charge in [-0.3, -0.25) is 9.78 Å². The van der Waals surface area contributed by atoms with E-state index in [1.54, 1.807) is 17.2 Å². The summed E-state index contributed by atoms with van der Waals surface area (Å²) in [6.45, 7) is 2.62. The van der Waals surface area contributed by atoms with Crippen LogP contribution < -0.4 is 4.90 Å². The van der Waals surface area contributed by atoms with E-state index in [0.29, 0.717) is 41.9 Å². The van der Waals surface area contributed by atoms with Crippen LogP contribution in [-0.4, -0.2) is 47.0 Å². The topological polar surface area (TPSA) is 49.3 Å². The first kappa shape index (κ1) is 15.1. The summed E-state index contributed by atoms with van der Waals surface area (Å²) >= 11 is 12.3. The highest BCUT2D eigenvalue weighted by Gasteiger charge is 2.24. The Balaban J connectivity index is 1.68. The Morgan fingerprint density at radius 1 is 1.09 bits per heavy atom. The minimum atomic E-state index is -0.0926. The second-order valence-corrected chi connectivity index (χ2v) is 5.73. The number of carbonyl (C=O) groups excluding carboxylic acids is 1. The first-order valence-electron chi connectivity index (χ1n) is 6.91. The van der Waals surface area contributed by atoms with Crippen molar-refractivity contribution in [1.29, 1.82) is 0 Å². The zero-order valence-electron chi connectivity index (χ0n) is 11.7. The van der Waals surface area contributed by atoms with Gasteiger partial charge in [0.1, 0.15) is 5.69 Å². The van der Waals surface area contributed by atoms with Crippen LogP contribution in [0.25, 0.3) is 0 Å². The fourth-order valence-corrected chi connectivity index (χ4v) is 2.87. The Morgan fingerprint density at radius 2 is 1.86 bits per heavy atom. The third-order valence-corrected chi connectivity index (χ3v) is 4.43. The van der Waals surface area contributed by atoms with E-state index in [4.69, 9.17) is 23.2 Å². The van der Waals surface area contributed by atoms with Crippen molar-refractivity contribution in [1.82, 2.24) is 14.9 Å². The molecule has 0 spiro atoms. The van der Waals surface area contributed by atoms with Crippen molar-refractivity contribution in [3.63, 3.8) is 0 Å². The van der Waals surface area contributed by atoms with Gasteiger partial charge in [0.2, 0.25) is 0 Å². The van der Waals surface area contributed by atoms with Crippen molar-refractivity contribution in [2.75, 3.05) is 31.1 Å². The fraction of sp³-hybridized carbons (Fsp3) is 0.267. The van der Waals surface area contributed by atoms with Gasteiger partial charge in [-0.2, -0.15) is 0 Å². The maximum absolute atomic E-state index is 12.3. The van der Waals surface area contributed by atoms with Gasteiger partial charge in [0.05, 0.1) is 21.9 Å². The molecule has 0 atom stereocenters. The summed E-state index contributed by atoms with van der Waals surface area (Å²) in [4.78, 5) is 24.2. The van der Waals surface area contributed by atoms with E-state index < -0.39 is 0 Å². The standard InChI is InChI=1S/C15H14Cl2N4O/c16-11-2-1-3-13(14(11)17)20-6-8-21(9-7-20)15(22)12-10-18-4-5-19-12/h1-5,10H,6-9H2. The molecule has 5 nitrogen and oxygen atoms in total. The Morgan fingerprint density at radius 3 is 2.55 bits per heavy atom. The van der Waals surface area contributed by atoms with Gasteiger partial charge in [-0.25, -0.2) is 4.98 Å². The van der Waals surface area contributed by atoms with Crippen molar-refractivity contribution in [2.45, 2.75) is 0 Å². The van der Waals surface area contributed by atoms with Crippen molar-refractivity contribution in [2.24, 2.45) is 0 Å². The predicted molar refractivity (Wildman–Crippen MR) is 86.6 cm³/mol. The molecule has 0 radical (unpaired) electrons. The molecule has 0 bridgehead atoms. The zero-order valence-corrected chi connectivity index (χ0v) is 13.3. The number of hydrogen-bond acceptors (Lipinski definition) is 4. The maximum Gasteiger partial charge on any atom is 0.274 e. The van der Waals surface area contributed by atoms with Gasteiger partial charge in [0, 0.05) is 38.6 Å². The molecule has 0 N–H and O–H groups in total. The molecule has 1 aromatic carbocycles.